The Morgan fingerprint density at radius 1 is 1.13 bits per heavy atom. The van der Waals surface area contributed by atoms with Crippen LogP contribution in [-0.4, -0.2) is 40.7 Å². The number of methoxy groups -OCH3 is 1. The predicted octanol–water partition coefficient (Wildman–Crippen LogP) is 3.19. The monoisotopic (exact) mass is 318 g/mol. The predicted molar refractivity (Wildman–Crippen MR) is 90.2 cm³/mol. The zero-order valence-electron chi connectivity index (χ0n) is 15.0. The van der Waals surface area contributed by atoms with Crippen molar-refractivity contribution >= 4 is 11.7 Å². The molecule has 0 aliphatic carbocycles. The van der Waals surface area contributed by atoms with Gasteiger partial charge in [0, 0.05) is 0 Å². The van der Waals surface area contributed by atoms with Crippen LogP contribution in [0.25, 0.3) is 0 Å². The summed E-state index contributed by atoms with van der Waals surface area (Å²) >= 11 is 0. The highest BCUT2D eigenvalue weighted by molar-refractivity contribution is 6.08. The Kier molecular flexibility index (Phi) is 4.39. The maximum atomic E-state index is 12.0. The lowest BCUT2D eigenvalue weighted by atomic mass is 9.92. The lowest BCUT2D eigenvalue weighted by Gasteiger charge is -2.42. The number of rotatable bonds is 4. The van der Waals surface area contributed by atoms with Crippen LogP contribution in [0.4, 0.5) is 0 Å². The van der Waals surface area contributed by atoms with Crippen LogP contribution < -0.4 is 0 Å². The first-order chi connectivity index (χ1) is 10.5. The van der Waals surface area contributed by atoms with Gasteiger partial charge < -0.3 is 4.74 Å². The molecule has 0 aromatic heterocycles. The first-order valence-electron chi connectivity index (χ1n) is 7.76. The second-order valence-electron chi connectivity index (χ2n) is 7.27. The van der Waals surface area contributed by atoms with Crippen LogP contribution in [0.15, 0.2) is 35.3 Å². The van der Waals surface area contributed by atoms with E-state index in [9.17, 15) is 4.79 Å². The Balaban J connectivity index is 2.39. The molecule has 0 atom stereocenters. The van der Waals surface area contributed by atoms with Crippen molar-refractivity contribution in [3.05, 3.63) is 35.9 Å². The molecule has 1 aromatic carbocycles. The summed E-state index contributed by atoms with van der Waals surface area (Å²) in [7, 11) is 1.36. The van der Waals surface area contributed by atoms with E-state index in [1.165, 1.54) is 7.11 Å². The van der Waals surface area contributed by atoms with Gasteiger partial charge in [0.1, 0.15) is 5.66 Å². The highest BCUT2D eigenvalue weighted by Crippen LogP contribution is 2.39. The number of hydrogen-bond acceptors (Lipinski definition) is 5. The van der Waals surface area contributed by atoms with Crippen molar-refractivity contribution < 1.29 is 14.4 Å². The van der Waals surface area contributed by atoms with E-state index in [2.05, 4.69) is 0 Å². The molecule has 0 fully saturated rings. The van der Waals surface area contributed by atoms with Crippen molar-refractivity contribution in [1.29, 1.82) is 0 Å². The van der Waals surface area contributed by atoms with E-state index >= 15 is 0 Å². The Labute approximate surface area is 138 Å². The molecular weight excluding hydrogens is 292 g/mol. The van der Waals surface area contributed by atoms with E-state index in [0.717, 1.165) is 11.3 Å². The fraction of sp³-hybridized carbons (Fsp3) is 0.556. The number of hydroxylamine groups is 2. The zero-order valence-corrected chi connectivity index (χ0v) is 15.0. The normalized spacial score (nSPS) is 20.2. The largest absolute Gasteiger partial charge is 0.467 e. The fourth-order valence-electron chi connectivity index (χ4n) is 2.99. The topological polar surface area (TPSA) is 51.1 Å². The van der Waals surface area contributed by atoms with Gasteiger partial charge in [-0.3, -0.25) is 9.83 Å². The second kappa shape index (κ2) is 5.73. The molecule has 5 nitrogen and oxygen atoms in total. The first kappa shape index (κ1) is 17.6. The van der Waals surface area contributed by atoms with Crippen LogP contribution in [0.5, 0.6) is 0 Å². The average molecular weight is 318 g/mol. The van der Waals surface area contributed by atoms with Gasteiger partial charge in [0.2, 0.25) is 0 Å². The molecule has 1 aliphatic rings. The Morgan fingerprint density at radius 2 is 1.70 bits per heavy atom. The van der Waals surface area contributed by atoms with Crippen LogP contribution >= 0.6 is 0 Å². The molecule has 0 unspecified atom stereocenters. The van der Waals surface area contributed by atoms with Crippen molar-refractivity contribution in [2.24, 2.45) is 4.99 Å². The van der Waals surface area contributed by atoms with Gasteiger partial charge in [0.15, 0.2) is 5.60 Å². The Morgan fingerprint density at radius 3 is 2.22 bits per heavy atom. The minimum atomic E-state index is -1.09. The van der Waals surface area contributed by atoms with Gasteiger partial charge in [-0.2, -0.15) is 0 Å². The van der Waals surface area contributed by atoms with Gasteiger partial charge in [0.05, 0.1) is 18.4 Å². The van der Waals surface area contributed by atoms with E-state index < -0.39 is 22.8 Å². The third kappa shape index (κ3) is 3.16. The lowest BCUT2D eigenvalue weighted by molar-refractivity contribution is -0.292. The van der Waals surface area contributed by atoms with Crippen molar-refractivity contribution in [2.75, 3.05) is 7.11 Å². The summed E-state index contributed by atoms with van der Waals surface area (Å²) in [5, 5.41) is 1.79. The van der Waals surface area contributed by atoms with Crippen molar-refractivity contribution in [1.82, 2.24) is 5.06 Å². The molecule has 2 rings (SSSR count). The number of benzene rings is 1. The molecule has 0 bridgehead atoms. The van der Waals surface area contributed by atoms with E-state index in [4.69, 9.17) is 14.6 Å². The first-order valence-corrected chi connectivity index (χ1v) is 7.76. The van der Waals surface area contributed by atoms with Crippen LogP contribution in [0, 0.1) is 0 Å². The third-order valence-corrected chi connectivity index (χ3v) is 4.01. The van der Waals surface area contributed by atoms with Gasteiger partial charge in [0.25, 0.3) is 0 Å². The average Bonchev–Trinajstić information content (AvgIpc) is 2.66. The summed E-state index contributed by atoms with van der Waals surface area (Å²) in [5.74, 6) is -0.419. The van der Waals surface area contributed by atoms with Gasteiger partial charge in [-0.25, -0.2) is 4.79 Å². The molecule has 1 aromatic rings. The highest BCUT2D eigenvalue weighted by Gasteiger charge is 2.52. The summed E-state index contributed by atoms with van der Waals surface area (Å²) in [6.07, 6.45) is 0. The van der Waals surface area contributed by atoms with Crippen LogP contribution in [0.1, 0.15) is 47.1 Å². The number of nitrogens with zero attached hydrogens (tertiary/aromatic N) is 2. The molecule has 0 amide bonds. The number of carbonyl (C=O) groups excluding carboxylic acids is 1. The van der Waals surface area contributed by atoms with Crippen LogP contribution in [0.3, 0.4) is 0 Å². The maximum Gasteiger partial charge on any atom is 0.339 e. The summed E-state index contributed by atoms with van der Waals surface area (Å²) in [5.41, 5.74) is -0.197. The minimum Gasteiger partial charge on any atom is -0.467 e. The standard InChI is InChI=1S/C18H26N2O3/c1-16(2)14(13-11-9-8-10-12-13)19-18(5,6)20(16)23-17(3,4)15(21)22-7/h8-12H,1-7H3. The summed E-state index contributed by atoms with van der Waals surface area (Å²) in [6, 6.07) is 10.0. The smallest absolute Gasteiger partial charge is 0.339 e. The molecule has 0 spiro atoms. The number of ether oxygens (including phenoxy) is 1. The summed E-state index contributed by atoms with van der Waals surface area (Å²) in [6.45, 7) is 11.4. The maximum absolute atomic E-state index is 12.0. The lowest BCUT2D eigenvalue weighted by Crippen LogP contribution is -2.57. The fourth-order valence-corrected chi connectivity index (χ4v) is 2.99. The second-order valence-corrected chi connectivity index (χ2v) is 7.27. The number of aliphatic imine (C=N–C) groups is 1. The van der Waals surface area contributed by atoms with Gasteiger partial charge in [-0.15, -0.1) is 5.06 Å². The summed E-state index contributed by atoms with van der Waals surface area (Å²) < 4.78 is 4.85. The van der Waals surface area contributed by atoms with Gasteiger partial charge >= 0.3 is 5.97 Å². The molecular formula is C18H26N2O3. The van der Waals surface area contributed by atoms with Crippen molar-refractivity contribution in [3.63, 3.8) is 0 Å². The van der Waals surface area contributed by atoms with E-state index in [0.29, 0.717) is 0 Å². The zero-order chi connectivity index (χ0) is 17.5. The van der Waals surface area contributed by atoms with Crippen LogP contribution in [-0.2, 0) is 14.4 Å². The molecule has 1 heterocycles. The third-order valence-electron chi connectivity index (χ3n) is 4.01. The van der Waals surface area contributed by atoms with E-state index in [-0.39, 0.29) is 0 Å². The number of hydrogen-bond donors (Lipinski definition) is 0. The Hall–Kier alpha value is -1.72. The molecule has 126 valence electrons. The van der Waals surface area contributed by atoms with Crippen LogP contribution in [0.2, 0.25) is 0 Å². The summed E-state index contributed by atoms with van der Waals surface area (Å²) in [4.78, 5) is 22.9. The van der Waals surface area contributed by atoms with Gasteiger partial charge in [-0.05, 0) is 47.1 Å². The highest BCUT2D eigenvalue weighted by atomic mass is 16.7. The molecule has 0 saturated heterocycles. The minimum absolute atomic E-state index is 0.419. The number of carbonyl (C=O) groups is 1. The SMILES string of the molecule is COC(=O)C(C)(C)ON1C(C)(C)N=C(c2ccccc2)C1(C)C. The van der Waals surface area contributed by atoms with Crippen molar-refractivity contribution in [2.45, 2.75) is 58.3 Å². The van der Waals surface area contributed by atoms with Gasteiger partial charge in [-0.1, -0.05) is 30.3 Å². The van der Waals surface area contributed by atoms with Crippen molar-refractivity contribution in [3.8, 4) is 0 Å². The molecule has 0 radical (unpaired) electrons. The quantitative estimate of drug-likeness (QED) is 0.800. The molecule has 1 aliphatic heterocycles. The molecule has 5 heteroatoms. The molecule has 0 N–H and O–H groups in total. The number of esters is 1. The molecule has 0 saturated carbocycles. The molecule has 23 heavy (non-hydrogen) atoms. The van der Waals surface area contributed by atoms with E-state index in [1.807, 2.05) is 58.0 Å². The van der Waals surface area contributed by atoms with E-state index in [1.54, 1.807) is 18.9 Å². The Bertz CT molecular complexity index is 618.